The molecule has 1 fully saturated rings. The SMILES string of the molecule is CCc1ccc2oc(C(=O)Nc3cccc(Cl)c3N3CCOCC3)c(C)c2c1. The third-order valence-corrected chi connectivity index (χ3v) is 5.48. The molecule has 2 aromatic carbocycles. The molecule has 3 aromatic rings. The Kier molecular flexibility index (Phi) is 5.29. The highest BCUT2D eigenvalue weighted by atomic mass is 35.5. The number of para-hydroxylation sites is 1. The topological polar surface area (TPSA) is 54.7 Å². The smallest absolute Gasteiger partial charge is 0.291 e. The summed E-state index contributed by atoms with van der Waals surface area (Å²) in [5, 5.41) is 4.58. The van der Waals surface area contributed by atoms with E-state index in [9.17, 15) is 4.79 Å². The number of furan rings is 1. The van der Waals surface area contributed by atoms with Crippen LogP contribution in [-0.2, 0) is 11.2 Å². The molecule has 0 aliphatic carbocycles. The van der Waals surface area contributed by atoms with Crippen LogP contribution in [0.4, 0.5) is 11.4 Å². The zero-order chi connectivity index (χ0) is 19.7. The summed E-state index contributed by atoms with van der Waals surface area (Å²) < 4.78 is 11.3. The van der Waals surface area contributed by atoms with Crippen LogP contribution in [0.15, 0.2) is 40.8 Å². The molecule has 2 heterocycles. The first-order chi connectivity index (χ1) is 13.6. The predicted octanol–water partition coefficient (Wildman–Crippen LogP) is 5.05. The molecule has 1 aliphatic heterocycles. The Hall–Kier alpha value is -2.50. The van der Waals surface area contributed by atoms with Gasteiger partial charge in [0.25, 0.3) is 5.91 Å². The minimum Gasteiger partial charge on any atom is -0.451 e. The van der Waals surface area contributed by atoms with Gasteiger partial charge in [-0.2, -0.15) is 0 Å². The van der Waals surface area contributed by atoms with Crippen molar-refractivity contribution in [3.05, 3.63) is 58.3 Å². The Morgan fingerprint density at radius 2 is 2.00 bits per heavy atom. The van der Waals surface area contributed by atoms with Crippen molar-refractivity contribution in [2.45, 2.75) is 20.3 Å². The lowest BCUT2D eigenvalue weighted by molar-refractivity contribution is 0.0998. The van der Waals surface area contributed by atoms with Crippen molar-refractivity contribution in [1.29, 1.82) is 0 Å². The molecule has 1 saturated heterocycles. The Morgan fingerprint density at radius 1 is 1.21 bits per heavy atom. The van der Waals surface area contributed by atoms with E-state index >= 15 is 0 Å². The minimum absolute atomic E-state index is 0.275. The van der Waals surface area contributed by atoms with E-state index in [-0.39, 0.29) is 5.91 Å². The molecule has 146 valence electrons. The minimum atomic E-state index is -0.275. The summed E-state index contributed by atoms with van der Waals surface area (Å²) in [6, 6.07) is 11.6. The highest BCUT2D eigenvalue weighted by molar-refractivity contribution is 6.34. The van der Waals surface area contributed by atoms with E-state index in [1.165, 1.54) is 5.56 Å². The van der Waals surface area contributed by atoms with Crippen LogP contribution < -0.4 is 10.2 Å². The summed E-state index contributed by atoms with van der Waals surface area (Å²) in [7, 11) is 0. The van der Waals surface area contributed by atoms with Crippen molar-refractivity contribution in [2.24, 2.45) is 0 Å². The number of fused-ring (bicyclic) bond motifs is 1. The van der Waals surface area contributed by atoms with Crippen LogP contribution in [0.2, 0.25) is 5.02 Å². The quantitative estimate of drug-likeness (QED) is 0.668. The number of carbonyl (C=O) groups is 1. The van der Waals surface area contributed by atoms with E-state index in [0.29, 0.717) is 29.7 Å². The molecule has 28 heavy (non-hydrogen) atoms. The maximum absolute atomic E-state index is 13.0. The van der Waals surface area contributed by atoms with Gasteiger partial charge in [0.1, 0.15) is 5.58 Å². The van der Waals surface area contributed by atoms with Gasteiger partial charge in [-0.05, 0) is 43.2 Å². The normalized spacial score (nSPS) is 14.5. The average molecular weight is 399 g/mol. The Labute approximate surface area is 169 Å². The van der Waals surface area contributed by atoms with Crippen LogP contribution in [-0.4, -0.2) is 32.2 Å². The van der Waals surface area contributed by atoms with Gasteiger partial charge >= 0.3 is 0 Å². The third kappa shape index (κ3) is 3.48. The molecule has 1 aliphatic rings. The number of halogens is 1. The molecular formula is C22H23ClN2O3. The second kappa shape index (κ2) is 7.86. The molecule has 1 aromatic heterocycles. The van der Waals surface area contributed by atoms with Crippen LogP contribution in [0.25, 0.3) is 11.0 Å². The van der Waals surface area contributed by atoms with Crippen molar-refractivity contribution in [2.75, 3.05) is 36.5 Å². The maximum Gasteiger partial charge on any atom is 0.291 e. The number of amides is 1. The van der Waals surface area contributed by atoms with Gasteiger partial charge in [-0.1, -0.05) is 30.7 Å². The number of anilines is 2. The van der Waals surface area contributed by atoms with E-state index in [1.54, 1.807) is 0 Å². The number of aryl methyl sites for hydroxylation is 2. The first-order valence-electron chi connectivity index (χ1n) is 9.53. The molecular weight excluding hydrogens is 376 g/mol. The third-order valence-electron chi connectivity index (χ3n) is 5.18. The zero-order valence-electron chi connectivity index (χ0n) is 16.0. The van der Waals surface area contributed by atoms with E-state index in [2.05, 4.69) is 23.2 Å². The van der Waals surface area contributed by atoms with Gasteiger partial charge < -0.3 is 19.4 Å². The fourth-order valence-electron chi connectivity index (χ4n) is 3.61. The van der Waals surface area contributed by atoms with Gasteiger partial charge in [-0.25, -0.2) is 0 Å². The van der Waals surface area contributed by atoms with E-state index in [4.69, 9.17) is 20.8 Å². The molecule has 0 spiro atoms. The molecule has 0 saturated carbocycles. The maximum atomic E-state index is 13.0. The highest BCUT2D eigenvalue weighted by Crippen LogP contribution is 2.35. The molecule has 1 N–H and O–H groups in total. The van der Waals surface area contributed by atoms with E-state index in [1.807, 2.05) is 37.3 Å². The van der Waals surface area contributed by atoms with Crippen LogP contribution in [0.1, 0.15) is 28.6 Å². The first-order valence-corrected chi connectivity index (χ1v) is 9.91. The number of carbonyl (C=O) groups excluding carboxylic acids is 1. The number of morpholine rings is 1. The second-order valence-electron chi connectivity index (χ2n) is 6.93. The summed E-state index contributed by atoms with van der Waals surface area (Å²) in [4.78, 5) is 15.2. The van der Waals surface area contributed by atoms with Gasteiger partial charge in [-0.15, -0.1) is 0 Å². The van der Waals surface area contributed by atoms with Crippen molar-refractivity contribution >= 4 is 39.9 Å². The van der Waals surface area contributed by atoms with Gasteiger partial charge in [0.15, 0.2) is 5.76 Å². The summed E-state index contributed by atoms with van der Waals surface area (Å²) in [5.41, 5.74) is 4.28. The Balaban J connectivity index is 1.67. The van der Waals surface area contributed by atoms with Crippen LogP contribution in [0.3, 0.4) is 0 Å². The summed E-state index contributed by atoms with van der Waals surface area (Å²) in [6.45, 7) is 6.77. The largest absolute Gasteiger partial charge is 0.451 e. The number of ether oxygens (including phenoxy) is 1. The molecule has 0 atom stereocenters. The van der Waals surface area contributed by atoms with Gasteiger partial charge in [0, 0.05) is 24.0 Å². The fourth-order valence-corrected chi connectivity index (χ4v) is 3.90. The number of benzene rings is 2. The number of hydrogen-bond acceptors (Lipinski definition) is 4. The van der Waals surface area contributed by atoms with E-state index < -0.39 is 0 Å². The standard InChI is InChI=1S/C22H23ClN2O3/c1-3-15-7-8-19-16(13-15)14(2)21(28-19)22(26)24-18-6-4-5-17(23)20(18)25-9-11-27-12-10-25/h4-8,13H,3,9-12H2,1-2H3,(H,24,26). The molecule has 0 radical (unpaired) electrons. The summed E-state index contributed by atoms with van der Waals surface area (Å²) in [5.74, 6) is 0.0553. The van der Waals surface area contributed by atoms with Crippen LogP contribution >= 0.6 is 11.6 Å². The Bertz CT molecular complexity index is 1020. The molecule has 1 amide bonds. The monoisotopic (exact) mass is 398 g/mol. The molecule has 0 unspecified atom stereocenters. The number of hydrogen-bond donors (Lipinski definition) is 1. The molecule has 0 bridgehead atoms. The van der Waals surface area contributed by atoms with Crippen LogP contribution in [0, 0.1) is 6.92 Å². The van der Waals surface area contributed by atoms with Crippen molar-refractivity contribution in [3.8, 4) is 0 Å². The fraction of sp³-hybridized carbons (Fsp3) is 0.318. The number of nitrogens with zero attached hydrogens (tertiary/aromatic N) is 1. The number of nitrogens with one attached hydrogen (secondary N) is 1. The predicted molar refractivity (Wildman–Crippen MR) is 113 cm³/mol. The van der Waals surface area contributed by atoms with Crippen molar-refractivity contribution in [1.82, 2.24) is 0 Å². The van der Waals surface area contributed by atoms with Gasteiger partial charge in [0.05, 0.1) is 29.6 Å². The summed E-state index contributed by atoms with van der Waals surface area (Å²) >= 11 is 6.46. The Morgan fingerprint density at radius 3 is 2.75 bits per heavy atom. The van der Waals surface area contributed by atoms with E-state index in [0.717, 1.165) is 41.7 Å². The van der Waals surface area contributed by atoms with Crippen molar-refractivity contribution < 1.29 is 13.9 Å². The lowest BCUT2D eigenvalue weighted by atomic mass is 10.1. The highest BCUT2D eigenvalue weighted by Gasteiger charge is 2.22. The average Bonchev–Trinajstić information content (AvgIpc) is 3.05. The van der Waals surface area contributed by atoms with Crippen molar-refractivity contribution in [3.63, 3.8) is 0 Å². The van der Waals surface area contributed by atoms with Gasteiger partial charge in [-0.3, -0.25) is 4.79 Å². The van der Waals surface area contributed by atoms with Crippen LogP contribution in [0.5, 0.6) is 0 Å². The first kappa shape index (κ1) is 18.8. The zero-order valence-corrected chi connectivity index (χ0v) is 16.8. The summed E-state index contributed by atoms with van der Waals surface area (Å²) in [6.07, 6.45) is 0.938. The lowest BCUT2D eigenvalue weighted by Gasteiger charge is -2.31. The second-order valence-corrected chi connectivity index (χ2v) is 7.34. The lowest BCUT2D eigenvalue weighted by Crippen LogP contribution is -2.37. The molecule has 5 nitrogen and oxygen atoms in total. The van der Waals surface area contributed by atoms with Gasteiger partial charge in [0.2, 0.25) is 0 Å². The number of rotatable bonds is 4. The molecule has 6 heteroatoms. The molecule has 4 rings (SSSR count).